The number of benzene rings is 2. The lowest BCUT2D eigenvalue weighted by molar-refractivity contribution is 0.269. The van der Waals surface area contributed by atoms with E-state index < -0.39 is 0 Å². The summed E-state index contributed by atoms with van der Waals surface area (Å²) in [5.74, 6) is 0.467. The summed E-state index contributed by atoms with van der Waals surface area (Å²) in [5, 5.41) is 2.60. The number of nitrogens with zero attached hydrogens (tertiary/aromatic N) is 1. The van der Waals surface area contributed by atoms with Gasteiger partial charge in [0.15, 0.2) is 0 Å². The molecule has 2 N–H and O–H groups in total. The average Bonchev–Trinajstić information content (AvgIpc) is 2.90. The number of H-pyrrole nitrogens is 1. The number of rotatable bonds is 3. The molecule has 4 nitrogen and oxygen atoms in total. The molecule has 1 amide bonds. The Morgan fingerprint density at radius 1 is 1.10 bits per heavy atom. The SMILES string of the molecule is CSc1ccc(SC(=O)Nc2nc3ccccc3[nH]2)cc1. The van der Waals surface area contributed by atoms with E-state index in [2.05, 4.69) is 15.3 Å². The summed E-state index contributed by atoms with van der Waals surface area (Å²) >= 11 is 2.82. The van der Waals surface area contributed by atoms with Crippen molar-refractivity contribution in [2.75, 3.05) is 11.6 Å². The van der Waals surface area contributed by atoms with Gasteiger partial charge in [0, 0.05) is 9.79 Å². The highest BCUT2D eigenvalue weighted by molar-refractivity contribution is 8.13. The topological polar surface area (TPSA) is 57.8 Å². The molecule has 3 rings (SSSR count). The molecule has 0 radical (unpaired) electrons. The smallest absolute Gasteiger partial charge is 0.290 e. The van der Waals surface area contributed by atoms with Crippen LogP contribution < -0.4 is 5.32 Å². The van der Waals surface area contributed by atoms with Crippen molar-refractivity contribution < 1.29 is 4.79 Å². The van der Waals surface area contributed by atoms with Crippen molar-refractivity contribution in [1.82, 2.24) is 9.97 Å². The van der Waals surface area contributed by atoms with E-state index in [9.17, 15) is 4.79 Å². The normalized spacial score (nSPS) is 10.7. The van der Waals surface area contributed by atoms with Crippen LogP contribution in [0.1, 0.15) is 0 Å². The van der Waals surface area contributed by atoms with Gasteiger partial charge >= 0.3 is 0 Å². The van der Waals surface area contributed by atoms with E-state index in [4.69, 9.17) is 0 Å². The molecule has 0 saturated heterocycles. The van der Waals surface area contributed by atoms with Gasteiger partial charge in [0.25, 0.3) is 5.24 Å². The van der Waals surface area contributed by atoms with Gasteiger partial charge in [0.05, 0.1) is 11.0 Å². The molecule has 1 heterocycles. The van der Waals surface area contributed by atoms with Gasteiger partial charge in [-0.1, -0.05) is 12.1 Å². The van der Waals surface area contributed by atoms with E-state index in [0.29, 0.717) is 5.95 Å². The van der Waals surface area contributed by atoms with Gasteiger partial charge in [-0.05, 0) is 54.4 Å². The van der Waals surface area contributed by atoms with Gasteiger partial charge in [-0.3, -0.25) is 10.1 Å². The molecule has 0 aliphatic heterocycles. The molecule has 6 heteroatoms. The maximum absolute atomic E-state index is 12.0. The molecule has 0 aliphatic rings. The van der Waals surface area contributed by atoms with Crippen LogP contribution in [0.2, 0.25) is 0 Å². The predicted octanol–water partition coefficient (Wildman–Crippen LogP) is 4.61. The van der Waals surface area contributed by atoms with Crippen molar-refractivity contribution in [1.29, 1.82) is 0 Å². The molecule has 2 aromatic carbocycles. The first-order valence-electron chi connectivity index (χ1n) is 6.32. The number of nitrogens with one attached hydrogen (secondary N) is 2. The van der Waals surface area contributed by atoms with Gasteiger partial charge < -0.3 is 4.98 Å². The first-order chi connectivity index (χ1) is 10.2. The number of hydrogen-bond acceptors (Lipinski definition) is 4. The highest BCUT2D eigenvalue weighted by atomic mass is 32.2. The van der Waals surface area contributed by atoms with Crippen molar-refractivity contribution in [3.63, 3.8) is 0 Å². The van der Waals surface area contributed by atoms with Crippen LogP contribution in [0.15, 0.2) is 58.3 Å². The van der Waals surface area contributed by atoms with Crippen LogP contribution >= 0.6 is 23.5 Å². The quantitative estimate of drug-likeness (QED) is 0.693. The molecular formula is C15H13N3OS2. The number of hydrogen-bond donors (Lipinski definition) is 2. The second-order valence-electron chi connectivity index (χ2n) is 4.29. The van der Waals surface area contributed by atoms with E-state index in [-0.39, 0.29) is 5.24 Å². The van der Waals surface area contributed by atoms with Crippen molar-refractivity contribution in [3.05, 3.63) is 48.5 Å². The largest absolute Gasteiger partial charge is 0.324 e. The Bertz CT molecular complexity index is 735. The zero-order valence-electron chi connectivity index (χ0n) is 11.3. The van der Waals surface area contributed by atoms with E-state index in [1.165, 1.54) is 4.90 Å². The fourth-order valence-electron chi connectivity index (χ4n) is 1.88. The number of aromatic amines is 1. The van der Waals surface area contributed by atoms with Crippen molar-refractivity contribution >= 4 is 45.7 Å². The third-order valence-electron chi connectivity index (χ3n) is 2.88. The number of amides is 1. The number of imidazole rings is 1. The lowest BCUT2D eigenvalue weighted by Crippen LogP contribution is -2.05. The number of carbonyl (C=O) groups is 1. The van der Waals surface area contributed by atoms with Gasteiger partial charge in [0.2, 0.25) is 5.95 Å². The highest BCUT2D eigenvalue weighted by Crippen LogP contribution is 2.24. The van der Waals surface area contributed by atoms with Crippen LogP contribution in [0.25, 0.3) is 11.0 Å². The molecule has 3 aromatic rings. The monoisotopic (exact) mass is 315 g/mol. The van der Waals surface area contributed by atoms with Gasteiger partial charge in [0.1, 0.15) is 0 Å². The standard InChI is InChI=1S/C15H13N3OS2/c1-20-10-6-8-11(9-7-10)21-15(19)18-14-16-12-4-2-3-5-13(12)17-14/h2-9H,1H3,(H2,16,17,18,19). The summed E-state index contributed by atoms with van der Waals surface area (Å²) in [6.45, 7) is 0. The summed E-state index contributed by atoms with van der Waals surface area (Å²) in [6, 6.07) is 15.5. The second kappa shape index (κ2) is 6.24. The van der Waals surface area contributed by atoms with E-state index in [1.54, 1.807) is 11.8 Å². The molecule has 0 fully saturated rings. The van der Waals surface area contributed by atoms with Crippen LogP contribution in [0.3, 0.4) is 0 Å². The summed E-state index contributed by atoms with van der Waals surface area (Å²) in [4.78, 5) is 21.5. The average molecular weight is 315 g/mol. The number of carbonyl (C=O) groups excluding carboxylic acids is 1. The Kier molecular flexibility index (Phi) is 4.17. The van der Waals surface area contributed by atoms with E-state index in [1.807, 2.05) is 54.8 Å². The number of anilines is 1. The van der Waals surface area contributed by atoms with Crippen LogP contribution in [-0.2, 0) is 0 Å². The van der Waals surface area contributed by atoms with Crippen molar-refractivity contribution in [3.8, 4) is 0 Å². The van der Waals surface area contributed by atoms with Crippen LogP contribution in [0.5, 0.6) is 0 Å². The van der Waals surface area contributed by atoms with Crippen molar-refractivity contribution in [2.45, 2.75) is 9.79 Å². The fraction of sp³-hybridized carbons (Fsp3) is 0.0667. The number of fused-ring (bicyclic) bond motifs is 1. The molecule has 0 bridgehead atoms. The predicted molar refractivity (Wildman–Crippen MR) is 89.2 cm³/mol. The third kappa shape index (κ3) is 3.40. The minimum absolute atomic E-state index is 0.161. The first kappa shape index (κ1) is 14.0. The third-order valence-corrected chi connectivity index (χ3v) is 4.42. The Morgan fingerprint density at radius 3 is 2.52 bits per heavy atom. The molecule has 0 aliphatic carbocycles. The first-order valence-corrected chi connectivity index (χ1v) is 8.36. The van der Waals surface area contributed by atoms with Gasteiger partial charge in [-0.25, -0.2) is 4.98 Å². The molecule has 106 valence electrons. The van der Waals surface area contributed by atoms with E-state index >= 15 is 0 Å². The lowest BCUT2D eigenvalue weighted by Gasteiger charge is -2.02. The molecule has 0 unspecified atom stereocenters. The van der Waals surface area contributed by atoms with Crippen molar-refractivity contribution in [2.24, 2.45) is 0 Å². The van der Waals surface area contributed by atoms with Gasteiger partial charge in [-0.2, -0.15) is 0 Å². The lowest BCUT2D eigenvalue weighted by atomic mass is 10.3. The number of thioether (sulfide) groups is 2. The zero-order valence-corrected chi connectivity index (χ0v) is 12.9. The van der Waals surface area contributed by atoms with E-state index in [0.717, 1.165) is 27.7 Å². The van der Waals surface area contributed by atoms with Crippen LogP contribution in [0, 0.1) is 0 Å². The Morgan fingerprint density at radius 2 is 1.81 bits per heavy atom. The maximum atomic E-state index is 12.0. The molecular weight excluding hydrogens is 302 g/mol. The summed E-state index contributed by atoms with van der Waals surface area (Å²) in [6.07, 6.45) is 2.02. The summed E-state index contributed by atoms with van der Waals surface area (Å²) in [7, 11) is 0. The fourth-order valence-corrected chi connectivity index (χ4v) is 2.93. The Balaban J connectivity index is 1.67. The number of para-hydroxylation sites is 2. The Hall–Kier alpha value is -1.92. The van der Waals surface area contributed by atoms with Gasteiger partial charge in [-0.15, -0.1) is 11.8 Å². The zero-order chi connectivity index (χ0) is 14.7. The highest BCUT2D eigenvalue weighted by Gasteiger charge is 2.08. The summed E-state index contributed by atoms with van der Waals surface area (Å²) < 4.78 is 0. The van der Waals surface area contributed by atoms with Crippen LogP contribution in [0.4, 0.5) is 10.7 Å². The molecule has 0 spiro atoms. The molecule has 0 saturated carbocycles. The maximum Gasteiger partial charge on any atom is 0.290 e. The Labute approximate surface area is 130 Å². The minimum Gasteiger partial charge on any atom is -0.324 e. The summed E-state index contributed by atoms with van der Waals surface area (Å²) in [5.41, 5.74) is 1.74. The second-order valence-corrected chi connectivity index (χ2v) is 6.22. The molecule has 0 atom stereocenters. The molecule has 1 aromatic heterocycles. The molecule has 21 heavy (non-hydrogen) atoms. The number of aromatic nitrogens is 2. The van der Waals surface area contributed by atoms with Crippen LogP contribution in [-0.4, -0.2) is 21.5 Å². The minimum atomic E-state index is -0.161.